The van der Waals surface area contributed by atoms with E-state index in [1.54, 1.807) is 6.07 Å². The Morgan fingerprint density at radius 3 is 2.45 bits per heavy atom. The largest absolute Gasteiger partial charge is 0.454 e. The van der Waals surface area contributed by atoms with Crippen LogP contribution < -0.4 is 15.1 Å². The van der Waals surface area contributed by atoms with Gasteiger partial charge >= 0.3 is 5.63 Å². The molecule has 1 aromatic heterocycles. The minimum absolute atomic E-state index is 0.278. The summed E-state index contributed by atoms with van der Waals surface area (Å²) >= 11 is 0. The number of rotatable bonds is 4. The summed E-state index contributed by atoms with van der Waals surface area (Å²) in [6.45, 7) is 7.91. The normalized spacial score (nSPS) is 17.1. The van der Waals surface area contributed by atoms with Crippen LogP contribution in [0.5, 0.6) is 11.5 Å². The number of fused-ring (bicyclic) bond motifs is 2. The molecule has 5 rings (SSSR count). The lowest BCUT2D eigenvalue weighted by atomic mass is 10.1. The van der Waals surface area contributed by atoms with E-state index in [0.29, 0.717) is 12.4 Å². The van der Waals surface area contributed by atoms with Gasteiger partial charge in [0.05, 0.1) is 0 Å². The van der Waals surface area contributed by atoms with Crippen molar-refractivity contribution in [3.63, 3.8) is 0 Å². The molecule has 6 nitrogen and oxygen atoms in total. The molecule has 3 heterocycles. The number of ether oxygens (including phenoxy) is 2. The lowest BCUT2D eigenvalue weighted by Gasteiger charge is -2.34. The minimum atomic E-state index is -0.278. The summed E-state index contributed by atoms with van der Waals surface area (Å²) in [6.07, 6.45) is 0. The smallest absolute Gasteiger partial charge is 0.336 e. The first-order valence-electron chi connectivity index (χ1n) is 10.0. The summed E-state index contributed by atoms with van der Waals surface area (Å²) in [6, 6.07) is 13.9. The van der Waals surface area contributed by atoms with Crippen molar-refractivity contribution in [2.45, 2.75) is 20.0 Å². The first-order chi connectivity index (χ1) is 14.1. The molecular weight excluding hydrogens is 368 g/mol. The summed E-state index contributed by atoms with van der Waals surface area (Å²) < 4.78 is 16.3. The molecule has 29 heavy (non-hydrogen) atoms. The molecule has 0 aliphatic carbocycles. The number of piperazine rings is 1. The van der Waals surface area contributed by atoms with Crippen molar-refractivity contribution < 1.29 is 13.9 Å². The fraction of sp³-hybridized carbons (Fsp3) is 0.348. The van der Waals surface area contributed by atoms with Crippen LogP contribution >= 0.6 is 0 Å². The summed E-state index contributed by atoms with van der Waals surface area (Å²) in [7, 11) is 0. The van der Waals surface area contributed by atoms with E-state index in [-0.39, 0.29) is 5.63 Å². The zero-order chi connectivity index (χ0) is 19.8. The second-order valence-corrected chi connectivity index (χ2v) is 7.83. The van der Waals surface area contributed by atoms with Crippen LogP contribution in [0.1, 0.15) is 16.7 Å². The second kappa shape index (κ2) is 7.54. The van der Waals surface area contributed by atoms with Gasteiger partial charge in [0.1, 0.15) is 5.58 Å². The molecule has 0 spiro atoms. The molecule has 0 atom stereocenters. The van der Waals surface area contributed by atoms with E-state index in [9.17, 15) is 4.79 Å². The molecule has 1 fully saturated rings. The number of hydrogen-bond donors (Lipinski definition) is 0. The Hall–Kier alpha value is -2.83. The maximum atomic E-state index is 12.0. The van der Waals surface area contributed by atoms with Gasteiger partial charge in [0.15, 0.2) is 11.5 Å². The Labute approximate surface area is 169 Å². The van der Waals surface area contributed by atoms with Crippen LogP contribution in [-0.4, -0.2) is 42.8 Å². The lowest BCUT2D eigenvalue weighted by molar-refractivity contribution is 0.122. The Bertz CT molecular complexity index is 1100. The molecule has 0 bridgehead atoms. The van der Waals surface area contributed by atoms with Crippen molar-refractivity contribution in [2.75, 3.05) is 33.0 Å². The van der Waals surface area contributed by atoms with E-state index >= 15 is 0 Å². The summed E-state index contributed by atoms with van der Waals surface area (Å²) in [4.78, 5) is 16.8. The van der Waals surface area contributed by atoms with E-state index in [0.717, 1.165) is 67.3 Å². The average molecular weight is 392 g/mol. The Morgan fingerprint density at radius 1 is 0.862 bits per heavy atom. The molecule has 2 aliphatic heterocycles. The minimum Gasteiger partial charge on any atom is -0.454 e. The molecule has 150 valence electrons. The third kappa shape index (κ3) is 3.86. The molecule has 0 radical (unpaired) electrons. The average Bonchev–Trinajstić information content (AvgIpc) is 3.17. The number of nitrogens with zero attached hydrogens (tertiary/aromatic N) is 2. The molecule has 2 aromatic carbocycles. The molecule has 6 heteroatoms. The van der Waals surface area contributed by atoms with Gasteiger partial charge in [0.2, 0.25) is 6.79 Å². The van der Waals surface area contributed by atoms with Crippen LogP contribution in [0, 0.1) is 6.92 Å². The van der Waals surface area contributed by atoms with Crippen LogP contribution in [-0.2, 0) is 13.1 Å². The van der Waals surface area contributed by atoms with Crippen LogP contribution in [0.4, 0.5) is 0 Å². The predicted molar refractivity (Wildman–Crippen MR) is 110 cm³/mol. The topological polar surface area (TPSA) is 55.2 Å². The maximum absolute atomic E-state index is 12.0. The molecule has 0 saturated carbocycles. The van der Waals surface area contributed by atoms with Gasteiger partial charge in [-0.15, -0.1) is 0 Å². The van der Waals surface area contributed by atoms with Crippen molar-refractivity contribution in [3.05, 3.63) is 69.6 Å². The van der Waals surface area contributed by atoms with Gasteiger partial charge in [-0.05, 0) is 41.8 Å². The number of aryl methyl sites for hydroxylation is 1. The first-order valence-corrected chi connectivity index (χ1v) is 10.0. The zero-order valence-corrected chi connectivity index (χ0v) is 16.5. The fourth-order valence-corrected chi connectivity index (χ4v) is 4.11. The lowest BCUT2D eigenvalue weighted by Crippen LogP contribution is -2.45. The predicted octanol–water partition coefficient (Wildman–Crippen LogP) is 3.15. The highest BCUT2D eigenvalue weighted by molar-refractivity contribution is 5.80. The highest BCUT2D eigenvalue weighted by Gasteiger charge is 2.20. The van der Waals surface area contributed by atoms with Crippen molar-refractivity contribution in [3.8, 4) is 11.5 Å². The van der Waals surface area contributed by atoms with Crippen LogP contribution in [0.25, 0.3) is 11.0 Å². The fourth-order valence-electron chi connectivity index (χ4n) is 4.11. The monoisotopic (exact) mass is 392 g/mol. The highest BCUT2D eigenvalue weighted by atomic mass is 16.7. The van der Waals surface area contributed by atoms with Gasteiger partial charge in [-0.3, -0.25) is 9.80 Å². The molecule has 1 saturated heterocycles. The van der Waals surface area contributed by atoms with Crippen LogP contribution in [0.2, 0.25) is 0 Å². The summed E-state index contributed by atoms with van der Waals surface area (Å²) in [5.74, 6) is 1.67. The quantitative estimate of drug-likeness (QED) is 0.636. The van der Waals surface area contributed by atoms with Crippen LogP contribution in [0.3, 0.4) is 0 Å². The molecule has 2 aliphatic rings. The molecular formula is C23H24N2O4. The van der Waals surface area contributed by atoms with Gasteiger partial charge in [0, 0.05) is 50.7 Å². The van der Waals surface area contributed by atoms with Gasteiger partial charge in [-0.25, -0.2) is 4.79 Å². The second-order valence-electron chi connectivity index (χ2n) is 7.83. The highest BCUT2D eigenvalue weighted by Crippen LogP contribution is 2.33. The third-order valence-corrected chi connectivity index (χ3v) is 5.69. The van der Waals surface area contributed by atoms with Gasteiger partial charge in [0.25, 0.3) is 0 Å². The van der Waals surface area contributed by atoms with E-state index < -0.39 is 0 Å². The third-order valence-electron chi connectivity index (χ3n) is 5.69. The maximum Gasteiger partial charge on any atom is 0.336 e. The van der Waals surface area contributed by atoms with Crippen LogP contribution in [0.15, 0.2) is 51.7 Å². The molecule has 3 aromatic rings. The number of hydrogen-bond acceptors (Lipinski definition) is 6. The summed E-state index contributed by atoms with van der Waals surface area (Å²) in [5, 5.41) is 1.03. The Kier molecular flexibility index (Phi) is 4.73. The van der Waals surface area contributed by atoms with E-state index in [1.807, 2.05) is 19.1 Å². The van der Waals surface area contributed by atoms with Gasteiger partial charge in [-0.1, -0.05) is 18.2 Å². The standard InChI is InChI=1S/C23H24N2O4/c1-16-2-4-19-18(12-23(26)29-21(19)10-16)14-25-8-6-24(7-9-25)13-17-3-5-20-22(11-17)28-15-27-20/h2-5,10-12H,6-9,13-15H2,1H3. The van der Waals surface area contributed by atoms with E-state index in [2.05, 4.69) is 34.1 Å². The van der Waals surface area contributed by atoms with Crippen molar-refractivity contribution in [2.24, 2.45) is 0 Å². The van der Waals surface area contributed by atoms with E-state index in [1.165, 1.54) is 5.56 Å². The molecule has 0 N–H and O–H groups in total. The van der Waals surface area contributed by atoms with E-state index in [4.69, 9.17) is 13.9 Å². The SMILES string of the molecule is Cc1ccc2c(CN3CCN(Cc4ccc5c(c4)OCO5)CC3)cc(=O)oc2c1. The first kappa shape index (κ1) is 18.2. The Morgan fingerprint density at radius 2 is 1.62 bits per heavy atom. The summed E-state index contributed by atoms with van der Waals surface area (Å²) in [5.41, 5.74) is 3.77. The Balaban J connectivity index is 1.23. The molecule has 0 unspecified atom stereocenters. The van der Waals surface area contributed by atoms with Crippen molar-refractivity contribution in [1.29, 1.82) is 0 Å². The zero-order valence-electron chi connectivity index (χ0n) is 16.5. The van der Waals surface area contributed by atoms with Crippen molar-refractivity contribution >= 4 is 11.0 Å². The molecule has 0 amide bonds. The van der Waals surface area contributed by atoms with Gasteiger partial charge < -0.3 is 13.9 Å². The van der Waals surface area contributed by atoms with Crippen molar-refractivity contribution in [1.82, 2.24) is 9.80 Å². The number of benzene rings is 2. The van der Waals surface area contributed by atoms with Gasteiger partial charge in [-0.2, -0.15) is 0 Å².